The van der Waals surface area contributed by atoms with Gasteiger partial charge in [0.05, 0.1) is 0 Å². The average Bonchev–Trinajstić information content (AvgIpc) is 2.08. The van der Waals surface area contributed by atoms with E-state index in [-0.39, 0.29) is 5.41 Å². The predicted molar refractivity (Wildman–Crippen MR) is 61.9 cm³/mol. The number of alkyl halides is 3. The second-order valence-corrected chi connectivity index (χ2v) is 4.85. The van der Waals surface area contributed by atoms with Crippen molar-refractivity contribution in [2.24, 2.45) is 10.4 Å². The van der Waals surface area contributed by atoms with Crippen LogP contribution in [0.15, 0.2) is 16.6 Å². The fourth-order valence-corrected chi connectivity index (χ4v) is 0.917. The Morgan fingerprint density at radius 3 is 2.00 bits per heavy atom. The van der Waals surface area contributed by atoms with Gasteiger partial charge in [-0.2, -0.15) is 13.2 Å². The Bertz CT molecular complexity index is 280. The molecule has 0 aliphatic rings. The molecule has 0 aromatic heterocycles. The van der Waals surface area contributed by atoms with Gasteiger partial charge in [0.15, 0.2) is 0 Å². The first-order valence-corrected chi connectivity index (χ1v) is 5.35. The topological polar surface area (TPSA) is 12.4 Å². The molecule has 0 saturated heterocycles. The van der Waals surface area contributed by atoms with E-state index in [9.17, 15) is 13.2 Å². The van der Waals surface area contributed by atoms with Gasteiger partial charge in [-0.25, -0.2) is 0 Å². The molecule has 4 heteroatoms. The molecule has 0 unspecified atom stereocenters. The van der Waals surface area contributed by atoms with Crippen LogP contribution in [0, 0.1) is 5.41 Å². The van der Waals surface area contributed by atoms with Crippen LogP contribution in [-0.2, 0) is 0 Å². The molecule has 0 aliphatic carbocycles. The van der Waals surface area contributed by atoms with Gasteiger partial charge < -0.3 is 0 Å². The number of nitrogens with zero attached hydrogens (tertiary/aromatic N) is 1. The lowest BCUT2D eigenvalue weighted by atomic mass is 9.87. The average molecular weight is 235 g/mol. The highest BCUT2D eigenvalue weighted by Crippen LogP contribution is 2.24. The Kier molecular flexibility index (Phi) is 5.23. The van der Waals surface area contributed by atoms with Gasteiger partial charge in [0.2, 0.25) is 0 Å². The number of rotatable bonds is 3. The van der Waals surface area contributed by atoms with E-state index < -0.39 is 12.7 Å². The van der Waals surface area contributed by atoms with Crippen LogP contribution >= 0.6 is 0 Å². The second-order valence-electron chi connectivity index (χ2n) is 4.85. The summed E-state index contributed by atoms with van der Waals surface area (Å²) in [6, 6.07) is 0. The quantitative estimate of drug-likeness (QED) is 0.643. The van der Waals surface area contributed by atoms with Gasteiger partial charge >= 0.3 is 6.18 Å². The predicted octanol–water partition coefficient (Wildman–Crippen LogP) is 4.39. The first-order chi connectivity index (χ1) is 7.06. The van der Waals surface area contributed by atoms with Crippen LogP contribution in [0.4, 0.5) is 13.2 Å². The van der Waals surface area contributed by atoms with Crippen molar-refractivity contribution in [3.8, 4) is 0 Å². The van der Waals surface area contributed by atoms with Gasteiger partial charge in [-0.1, -0.05) is 33.3 Å². The zero-order valence-corrected chi connectivity index (χ0v) is 10.6. The third kappa shape index (κ3) is 6.64. The fourth-order valence-electron chi connectivity index (χ4n) is 0.917. The first kappa shape index (κ1) is 15.2. The van der Waals surface area contributed by atoms with Crippen molar-refractivity contribution in [1.82, 2.24) is 0 Å². The normalized spacial score (nSPS) is 15.5. The maximum atomic E-state index is 12.0. The largest absolute Gasteiger partial charge is 0.407 e. The molecule has 0 aromatic rings. The van der Waals surface area contributed by atoms with E-state index in [0.717, 1.165) is 5.57 Å². The summed E-state index contributed by atoms with van der Waals surface area (Å²) in [6.07, 6.45) is -1.95. The molecule has 0 aliphatic heterocycles. The van der Waals surface area contributed by atoms with Gasteiger partial charge in [0.1, 0.15) is 6.54 Å². The molecule has 0 N–H and O–H groups in total. The highest BCUT2D eigenvalue weighted by molar-refractivity contribution is 5.95. The standard InChI is InChI=1S/C12H20F3N/c1-6-10(16-8-12(13,14)15)7-9(2)11(3,4)5/h7H,6,8H2,1-5H3/b9-7+,16-10?. The molecule has 0 radical (unpaired) electrons. The Morgan fingerprint density at radius 1 is 1.19 bits per heavy atom. The number of aliphatic imine (C=N–C) groups is 1. The lowest BCUT2D eigenvalue weighted by Gasteiger charge is -2.19. The zero-order chi connectivity index (χ0) is 13.0. The SMILES string of the molecule is CCC(/C=C(\C)C(C)(C)C)=NCC(F)(F)F. The summed E-state index contributed by atoms with van der Waals surface area (Å²) in [5.74, 6) is 0. The fraction of sp³-hybridized carbons (Fsp3) is 0.750. The third-order valence-electron chi connectivity index (χ3n) is 2.39. The molecule has 0 amide bonds. The monoisotopic (exact) mass is 235 g/mol. The molecule has 0 aromatic carbocycles. The smallest absolute Gasteiger partial charge is 0.280 e. The third-order valence-corrected chi connectivity index (χ3v) is 2.39. The van der Waals surface area contributed by atoms with Crippen molar-refractivity contribution in [3.05, 3.63) is 11.6 Å². The van der Waals surface area contributed by atoms with E-state index in [1.807, 2.05) is 34.6 Å². The highest BCUT2D eigenvalue weighted by Gasteiger charge is 2.26. The molecule has 0 saturated carbocycles. The molecule has 0 bridgehead atoms. The minimum absolute atomic E-state index is 0.0336. The summed E-state index contributed by atoms with van der Waals surface area (Å²) >= 11 is 0. The molecule has 0 fully saturated rings. The number of halogens is 3. The summed E-state index contributed by atoms with van der Waals surface area (Å²) < 4.78 is 36.0. The molecule has 0 rings (SSSR count). The van der Waals surface area contributed by atoms with Gasteiger partial charge in [0, 0.05) is 5.71 Å². The number of allylic oxidation sites excluding steroid dienone is 2. The maximum absolute atomic E-state index is 12.0. The molecule has 0 atom stereocenters. The van der Waals surface area contributed by atoms with E-state index in [4.69, 9.17) is 0 Å². The molecule has 0 spiro atoms. The van der Waals surface area contributed by atoms with Crippen LogP contribution in [0.25, 0.3) is 0 Å². The van der Waals surface area contributed by atoms with Crippen molar-refractivity contribution < 1.29 is 13.2 Å². The van der Waals surface area contributed by atoms with Crippen LogP contribution in [0.2, 0.25) is 0 Å². The zero-order valence-electron chi connectivity index (χ0n) is 10.6. The number of hydrogen-bond acceptors (Lipinski definition) is 1. The Balaban J connectivity index is 4.77. The summed E-state index contributed by atoms with van der Waals surface area (Å²) in [7, 11) is 0. The Morgan fingerprint density at radius 2 is 1.69 bits per heavy atom. The molecular weight excluding hydrogens is 215 g/mol. The second kappa shape index (κ2) is 5.51. The van der Waals surface area contributed by atoms with Crippen LogP contribution in [0.3, 0.4) is 0 Å². The summed E-state index contributed by atoms with van der Waals surface area (Å²) in [5.41, 5.74) is 1.51. The van der Waals surface area contributed by atoms with E-state index in [0.29, 0.717) is 12.1 Å². The lowest BCUT2D eigenvalue weighted by molar-refractivity contribution is -0.118. The van der Waals surface area contributed by atoms with Gasteiger partial charge in [-0.3, -0.25) is 4.99 Å². The van der Waals surface area contributed by atoms with Crippen LogP contribution in [0.1, 0.15) is 41.0 Å². The van der Waals surface area contributed by atoms with Crippen LogP contribution < -0.4 is 0 Å². The summed E-state index contributed by atoms with van der Waals surface area (Å²) in [6.45, 7) is 8.70. The van der Waals surface area contributed by atoms with Crippen molar-refractivity contribution >= 4 is 5.71 Å². The molecular formula is C12H20F3N. The molecule has 0 heterocycles. The van der Waals surface area contributed by atoms with Crippen LogP contribution in [0.5, 0.6) is 0 Å². The first-order valence-electron chi connectivity index (χ1n) is 5.35. The Labute approximate surface area is 95.5 Å². The molecule has 16 heavy (non-hydrogen) atoms. The van der Waals surface area contributed by atoms with Crippen molar-refractivity contribution in [3.63, 3.8) is 0 Å². The highest BCUT2D eigenvalue weighted by atomic mass is 19.4. The van der Waals surface area contributed by atoms with Crippen molar-refractivity contribution in [2.45, 2.75) is 47.2 Å². The minimum Gasteiger partial charge on any atom is -0.280 e. The number of hydrogen-bond donors (Lipinski definition) is 0. The van der Waals surface area contributed by atoms with Crippen molar-refractivity contribution in [2.75, 3.05) is 6.54 Å². The van der Waals surface area contributed by atoms with E-state index in [2.05, 4.69) is 4.99 Å². The molecule has 94 valence electrons. The van der Waals surface area contributed by atoms with E-state index in [1.165, 1.54) is 0 Å². The minimum atomic E-state index is -4.22. The lowest BCUT2D eigenvalue weighted by Crippen LogP contribution is -2.14. The van der Waals surface area contributed by atoms with Gasteiger partial charge in [-0.05, 0) is 24.8 Å². The van der Waals surface area contributed by atoms with Crippen LogP contribution in [-0.4, -0.2) is 18.4 Å². The van der Waals surface area contributed by atoms with Gasteiger partial charge in [-0.15, -0.1) is 0 Å². The maximum Gasteiger partial charge on any atom is 0.407 e. The summed E-state index contributed by atoms with van der Waals surface area (Å²) in [4.78, 5) is 3.58. The summed E-state index contributed by atoms with van der Waals surface area (Å²) in [5, 5.41) is 0. The van der Waals surface area contributed by atoms with Crippen molar-refractivity contribution in [1.29, 1.82) is 0 Å². The Hall–Kier alpha value is -0.800. The van der Waals surface area contributed by atoms with E-state index >= 15 is 0 Å². The molecule has 1 nitrogen and oxygen atoms in total. The van der Waals surface area contributed by atoms with Gasteiger partial charge in [0.25, 0.3) is 0 Å². The van der Waals surface area contributed by atoms with E-state index in [1.54, 1.807) is 6.08 Å².